The van der Waals surface area contributed by atoms with Crippen molar-refractivity contribution in [3.05, 3.63) is 35.4 Å². The van der Waals surface area contributed by atoms with Crippen LogP contribution < -0.4 is 0 Å². The molecule has 0 heterocycles. The van der Waals surface area contributed by atoms with E-state index in [9.17, 15) is 27.1 Å². The molecule has 0 aliphatic carbocycles. The molecular weight excluding hydrogens is 279 g/mol. The molecule has 0 saturated heterocycles. The minimum atomic E-state index is -5.65. The molecule has 114 valence electrons. The zero-order valence-electron chi connectivity index (χ0n) is 11.2. The zero-order valence-corrected chi connectivity index (χ0v) is 11.2. The van der Waals surface area contributed by atoms with E-state index < -0.39 is 24.6 Å². The first kappa shape index (κ1) is 16.9. The van der Waals surface area contributed by atoms with Crippen molar-refractivity contribution in [2.24, 2.45) is 0 Å². The smallest absolute Gasteiger partial charge is 0.388 e. The maximum Gasteiger partial charge on any atom is 0.453 e. The summed E-state index contributed by atoms with van der Waals surface area (Å²) < 4.78 is 62.1. The highest BCUT2D eigenvalue weighted by molar-refractivity contribution is 5.27. The molecule has 1 rings (SSSR count). The molecule has 6 heteroatoms. The van der Waals surface area contributed by atoms with Gasteiger partial charge in [0.05, 0.1) is 12.5 Å². The second-order valence-corrected chi connectivity index (χ2v) is 4.90. The molecule has 1 N–H and O–H groups in total. The maximum absolute atomic E-state index is 12.9. The third kappa shape index (κ3) is 3.91. The third-order valence-electron chi connectivity index (χ3n) is 3.34. The van der Waals surface area contributed by atoms with E-state index >= 15 is 0 Å². The average molecular weight is 296 g/mol. The van der Waals surface area contributed by atoms with Crippen LogP contribution in [0.4, 0.5) is 22.0 Å². The van der Waals surface area contributed by atoms with Gasteiger partial charge >= 0.3 is 12.1 Å². The summed E-state index contributed by atoms with van der Waals surface area (Å²) >= 11 is 0. The van der Waals surface area contributed by atoms with Gasteiger partial charge in [0.2, 0.25) is 0 Å². The van der Waals surface area contributed by atoms with Crippen LogP contribution in [0.15, 0.2) is 24.3 Å². The molecule has 1 aromatic rings. The Kier molecular flexibility index (Phi) is 5.13. The Hall–Kier alpha value is -1.17. The molecule has 0 radical (unpaired) electrons. The molecule has 0 spiro atoms. The van der Waals surface area contributed by atoms with Crippen molar-refractivity contribution >= 4 is 0 Å². The van der Waals surface area contributed by atoms with Gasteiger partial charge in [0, 0.05) is 0 Å². The summed E-state index contributed by atoms with van der Waals surface area (Å²) in [5.74, 6) is -4.76. The summed E-state index contributed by atoms with van der Waals surface area (Å²) in [6.07, 6.45) is -8.36. The highest BCUT2D eigenvalue weighted by atomic mass is 19.4. The molecule has 1 nitrogen and oxygen atoms in total. The Morgan fingerprint density at radius 3 is 2.15 bits per heavy atom. The van der Waals surface area contributed by atoms with E-state index in [0.29, 0.717) is 0 Å². The fourth-order valence-corrected chi connectivity index (χ4v) is 1.78. The number of aliphatic hydroxyl groups is 1. The van der Waals surface area contributed by atoms with E-state index in [1.165, 1.54) is 12.1 Å². The van der Waals surface area contributed by atoms with Crippen molar-refractivity contribution < 1.29 is 27.1 Å². The highest BCUT2D eigenvalue weighted by Crippen LogP contribution is 2.41. The van der Waals surface area contributed by atoms with Crippen LogP contribution in [-0.4, -0.2) is 17.2 Å². The Bertz CT molecular complexity index is 441. The Morgan fingerprint density at radius 2 is 1.65 bits per heavy atom. The van der Waals surface area contributed by atoms with Gasteiger partial charge in [-0.2, -0.15) is 22.0 Å². The summed E-state index contributed by atoms with van der Waals surface area (Å²) in [6.45, 7) is 3.85. The average Bonchev–Trinajstić information content (AvgIpc) is 2.36. The predicted octanol–water partition coefficient (Wildman–Crippen LogP) is 4.82. The summed E-state index contributed by atoms with van der Waals surface area (Å²) in [7, 11) is 0. The van der Waals surface area contributed by atoms with E-state index in [4.69, 9.17) is 0 Å². The molecular formula is C14H17F5O. The number of hydrogen-bond acceptors (Lipinski definition) is 1. The Balaban J connectivity index is 2.91. The summed E-state index contributed by atoms with van der Waals surface area (Å²) in [6, 6.07) is 6.13. The van der Waals surface area contributed by atoms with Crippen LogP contribution >= 0.6 is 0 Å². The van der Waals surface area contributed by atoms with Crippen LogP contribution in [0.5, 0.6) is 0 Å². The second kappa shape index (κ2) is 6.08. The minimum Gasteiger partial charge on any atom is -0.388 e. The van der Waals surface area contributed by atoms with Gasteiger partial charge in [-0.15, -0.1) is 0 Å². The van der Waals surface area contributed by atoms with Crippen molar-refractivity contribution in [1.82, 2.24) is 0 Å². The first-order valence-electron chi connectivity index (χ1n) is 6.31. The first-order valence-corrected chi connectivity index (χ1v) is 6.31. The van der Waals surface area contributed by atoms with Crippen molar-refractivity contribution in [2.75, 3.05) is 0 Å². The highest BCUT2D eigenvalue weighted by Gasteiger charge is 2.58. The lowest BCUT2D eigenvalue weighted by molar-refractivity contribution is -0.290. The number of hydrogen-bond donors (Lipinski definition) is 1. The molecule has 20 heavy (non-hydrogen) atoms. The van der Waals surface area contributed by atoms with Crippen molar-refractivity contribution in [1.29, 1.82) is 0 Å². The molecule has 2 atom stereocenters. The van der Waals surface area contributed by atoms with Crippen LogP contribution in [0.25, 0.3) is 0 Å². The van der Waals surface area contributed by atoms with Gasteiger partial charge in [0.15, 0.2) is 0 Å². The van der Waals surface area contributed by atoms with Crippen molar-refractivity contribution in [2.45, 2.75) is 50.8 Å². The van der Waals surface area contributed by atoms with Gasteiger partial charge < -0.3 is 5.11 Å². The van der Waals surface area contributed by atoms with Gasteiger partial charge in [-0.05, 0) is 23.5 Å². The summed E-state index contributed by atoms with van der Waals surface area (Å²) in [5.41, 5.74) is 0.881. The second-order valence-electron chi connectivity index (χ2n) is 4.90. The standard InChI is InChI=1S/C14H17F5O/c1-3-9(2)10-5-4-6-11(7-10)12(20)8-13(15,16)14(17,18)19/h4-7,9,12,20H,3,8H2,1-2H3. The number of benzene rings is 1. The summed E-state index contributed by atoms with van der Waals surface area (Å²) in [4.78, 5) is 0. The van der Waals surface area contributed by atoms with Crippen molar-refractivity contribution in [3.63, 3.8) is 0 Å². The van der Waals surface area contributed by atoms with Gasteiger partial charge in [0.1, 0.15) is 0 Å². The van der Waals surface area contributed by atoms with E-state index in [0.717, 1.165) is 12.0 Å². The van der Waals surface area contributed by atoms with Crippen LogP contribution in [0.3, 0.4) is 0 Å². The Labute approximate surface area is 114 Å². The van der Waals surface area contributed by atoms with Gasteiger partial charge in [0.25, 0.3) is 0 Å². The molecule has 0 fully saturated rings. The SMILES string of the molecule is CCC(C)c1cccc(C(O)CC(F)(F)C(F)(F)F)c1. The number of alkyl halides is 5. The lowest BCUT2D eigenvalue weighted by atomic mass is 9.94. The van der Waals surface area contributed by atoms with E-state index in [2.05, 4.69) is 0 Å². The lowest BCUT2D eigenvalue weighted by Gasteiger charge is -2.23. The number of aliphatic hydroxyl groups excluding tert-OH is 1. The third-order valence-corrected chi connectivity index (χ3v) is 3.34. The zero-order chi connectivity index (χ0) is 15.6. The lowest BCUT2D eigenvalue weighted by Crippen LogP contribution is -2.37. The van der Waals surface area contributed by atoms with Crippen LogP contribution in [0.2, 0.25) is 0 Å². The molecule has 0 amide bonds. The number of halogens is 5. The normalized spacial score (nSPS) is 16.0. The van der Waals surface area contributed by atoms with Crippen LogP contribution in [0.1, 0.15) is 49.8 Å². The van der Waals surface area contributed by atoms with E-state index in [-0.39, 0.29) is 11.5 Å². The fourth-order valence-electron chi connectivity index (χ4n) is 1.78. The van der Waals surface area contributed by atoms with Crippen LogP contribution in [-0.2, 0) is 0 Å². The fraction of sp³-hybridized carbons (Fsp3) is 0.571. The molecule has 0 bridgehead atoms. The molecule has 2 unspecified atom stereocenters. The molecule has 0 aliphatic rings. The monoisotopic (exact) mass is 296 g/mol. The van der Waals surface area contributed by atoms with Crippen molar-refractivity contribution in [3.8, 4) is 0 Å². The molecule has 1 aromatic carbocycles. The predicted molar refractivity (Wildman–Crippen MR) is 65.7 cm³/mol. The van der Waals surface area contributed by atoms with E-state index in [1.54, 1.807) is 12.1 Å². The first-order chi connectivity index (χ1) is 9.08. The largest absolute Gasteiger partial charge is 0.453 e. The summed E-state index contributed by atoms with van der Waals surface area (Å²) in [5, 5.41) is 9.62. The molecule has 0 aromatic heterocycles. The topological polar surface area (TPSA) is 20.2 Å². The van der Waals surface area contributed by atoms with Crippen LogP contribution in [0, 0.1) is 0 Å². The van der Waals surface area contributed by atoms with Gasteiger partial charge in [-0.3, -0.25) is 0 Å². The maximum atomic E-state index is 12.9. The minimum absolute atomic E-state index is 0.0757. The number of rotatable bonds is 5. The Morgan fingerprint density at radius 1 is 1.10 bits per heavy atom. The quantitative estimate of drug-likeness (QED) is 0.772. The van der Waals surface area contributed by atoms with Gasteiger partial charge in [-0.25, -0.2) is 0 Å². The molecule has 0 saturated carbocycles. The van der Waals surface area contributed by atoms with E-state index in [1.807, 2.05) is 13.8 Å². The molecule has 0 aliphatic heterocycles. The van der Waals surface area contributed by atoms with Gasteiger partial charge in [-0.1, -0.05) is 38.1 Å².